The van der Waals surface area contributed by atoms with Crippen molar-refractivity contribution in [2.75, 3.05) is 12.4 Å². The van der Waals surface area contributed by atoms with Gasteiger partial charge < -0.3 is 5.32 Å². The Kier molecular flexibility index (Phi) is 3.32. The number of benzene rings is 1. The number of hydrogen-bond donors (Lipinski definition) is 1. The molecular weight excluding hydrogens is 217 g/mol. The van der Waals surface area contributed by atoms with E-state index in [0.717, 1.165) is 6.42 Å². The largest absolute Gasteiger partial charge is 0.373 e. The Morgan fingerprint density at radius 2 is 2.00 bits per heavy atom. The molecule has 0 amide bonds. The van der Waals surface area contributed by atoms with E-state index in [0.29, 0.717) is 22.9 Å². The maximum Gasteiger partial charge on any atom is 0.132 e. The van der Waals surface area contributed by atoms with Gasteiger partial charge >= 0.3 is 0 Å². The van der Waals surface area contributed by atoms with Crippen LogP contribution in [0.2, 0.25) is 0 Å². The number of hydrogen-bond acceptors (Lipinski definition) is 3. The Bertz CT molecular complexity index is 504. The summed E-state index contributed by atoms with van der Waals surface area (Å²) in [5, 5.41) is 2.96. The van der Waals surface area contributed by atoms with Crippen molar-refractivity contribution in [3.05, 3.63) is 42.0 Å². The molecule has 1 heterocycles. The van der Waals surface area contributed by atoms with E-state index in [2.05, 4.69) is 15.3 Å². The summed E-state index contributed by atoms with van der Waals surface area (Å²) < 4.78 is 13.7. The van der Waals surface area contributed by atoms with Gasteiger partial charge in [-0.15, -0.1) is 0 Å². The van der Waals surface area contributed by atoms with Crippen molar-refractivity contribution in [1.29, 1.82) is 0 Å². The molecule has 0 bridgehead atoms. The first-order chi connectivity index (χ1) is 8.24. The van der Waals surface area contributed by atoms with Crippen LogP contribution in [0.1, 0.15) is 12.7 Å². The molecule has 1 N–H and O–H groups in total. The molecule has 0 aliphatic rings. The summed E-state index contributed by atoms with van der Waals surface area (Å²) in [7, 11) is 1.78. The predicted octanol–water partition coefficient (Wildman–Crippen LogP) is 2.89. The molecule has 88 valence electrons. The summed E-state index contributed by atoms with van der Waals surface area (Å²) in [5.74, 6) is 1.14. The highest BCUT2D eigenvalue weighted by Gasteiger charge is 2.08. The summed E-state index contributed by atoms with van der Waals surface area (Å²) in [6.45, 7) is 1.97. The van der Waals surface area contributed by atoms with Crippen molar-refractivity contribution < 1.29 is 4.39 Å². The zero-order chi connectivity index (χ0) is 12.3. The minimum absolute atomic E-state index is 0.268. The lowest BCUT2D eigenvalue weighted by molar-refractivity contribution is 0.630. The zero-order valence-corrected chi connectivity index (χ0v) is 9.87. The van der Waals surface area contributed by atoms with Crippen molar-refractivity contribution in [1.82, 2.24) is 9.97 Å². The van der Waals surface area contributed by atoms with E-state index in [1.807, 2.05) is 6.92 Å². The molecule has 0 atom stereocenters. The molecule has 1 aromatic heterocycles. The van der Waals surface area contributed by atoms with Crippen molar-refractivity contribution >= 4 is 5.82 Å². The molecule has 0 unspecified atom stereocenters. The zero-order valence-electron chi connectivity index (χ0n) is 9.87. The van der Waals surface area contributed by atoms with Crippen LogP contribution in [0.25, 0.3) is 11.3 Å². The van der Waals surface area contributed by atoms with Gasteiger partial charge in [-0.2, -0.15) is 0 Å². The van der Waals surface area contributed by atoms with Gasteiger partial charge in [0, 0.05) is 25.1 Å². The predicted molar refractivity (Wildman–Crippen MR) is 66.4 cm³/mol. The molecule has 0 fully saturated rings. The van der Waals surface area contributed by atoms with Gasteiger partial charge in [-0.1, -0.05) is 19.1 Å². The van der Waals surface area contributed by atoms with Gasteiger partial charge in [0.15, 0.2) is 0 Å². The Morgan fingerprint density at radius 1 is 1.24 bits per heavy atom. The summed E-state index contributed by atoms with van der Waals surface area (Å²) in [5.41, 5.74) is 1.11. The second-order valence-corrected chi connectivity index (χ2v) is 3.64. The summed E-state index contributed by atoms with van der Waals surface area (Å²) in [6.07, 6.45) is 0.719. The third-order valence-corrected chi connectivity index (χ3v) is 2.49. The van der Waals surface area contributed by atoms with Crippen molar-refractivity contribution in [3.8, 4) is 11.3 Å². The average Bonchev–Trinajstić information content (AvgIpc) is 2.38. The summed E-state index contributed by atoms with van der Waals surface area (Å²) in [6, 6.07) is 8.36. The van der Waals surface area contributed by atoms with Crippen LogP contribution in [-0.4, -0.2) is 17.0 Å². The van der Waals surface area contributed by atoms with Crippen LogP contribution in [0.3, 0.4) is 0 Å². The minimum atomic E-state index is -0.268. The van der Waals surface area contributed by atoms with Crippen LogP contribution in [-0.2, 0) is 6.42 Å². The van der Waals surface area contributed by atoms with Gasteiger partial charge in [0.25, 0.3) is 0 Å². The highest BCUT2D eigenvalue weighted by molar-refractivity contribution is 5.63. The highest BCUT2D eigenvalue weighted by atomic mass is 19.1. The van der Waals surface area contributed by atoms with E-state index in [4.69, 9.17) is 0 Å². The third kappa shape index (κ3) is 2.41. The highest BCUT2D eigenvalue weighted by Crippen LogP contribution is 2.22. The molecule has 0 aliphatic carbocycles. The fourth-order valence-electron chi connectivity index (χ4n) is 1.59. The summed E-state index contributed by atoms with van der Waals surface area (Å²) in [4.78, 5) is 8.62. The fourth-order valence-corrected chi connectivity index (χ4v) is 1.59. The molecule has 0 saturated carbocycles. The SMILES string of the molecule is CCc1nc(NC)cc(-c2ccccc2F)n1. The van der Waals surface area contributed by atoms with Gasteiger partial charge in [0.1, 0.15) is 17.5 Å². The van der Waals surface area contributed by atoms with E-state index >= 15 is 0 Å². The first kappa shape index (κ1) is 11.5. The molecule has 0 spiro atoms. The normalized spacial score (nSPS) is 10.3. The van der Waals surface area contributed by atoms with Gasteiger partial charge in [-0.25, -0.2) is 14.4 Å². The Morgan fingerprint density at radius 3 is 2.65 bits per heavy atom. The standard InChI is InChI=1S/C13H14FN3/c1-3-12-16-11(8-13(15-2)17-12)9-6-4-5-7-10(9)14/h4-8H,3H2,1-2H3,(H,15,16,17). The van der Waals surface area contributed by atoms with Crippen LogP contribution in [0, 0.1) is 5.82 Å². The minimum Gasteiger partial charge on any atom is -0.373 e. The molecule has 17 heavy (non-hydrogen) atoms. The molecule has 3 nitrogen and oxygen atoms in total. The molecule has 0 radical (unpaired) electrons. The van der Waals surface area contributed by atoms with Crippen molar-refractivity contribution in [3.63, 3.8) is 0 Å². The van der Waals surface area contributed by atoms with E-state index in [-0.39, 0.29) is 5.82 Å². The smallest absolute Gasteiger partial charge is 0.132 e. The summed E-state index contributed by atoms with van der Waals surface area (Å²) >= 11 is 0. The number of nitrogens with one attached hydrogen (secondary N) is 1. The second kappa shape index (κ2) is 4.91. The molecule has 4 heteroatoms. The maximum atomic E-state index is 13.7. The number of halogens is 1. The molecule has 0 aliphatic heterocycles. The Hall–Kier alpha value is -1.97. The van der Waals surface area contributed by atoms with Crippen molar-refractivity contribution in [2.24, 2.45) is 0 Å². The molecule has 2 aromatic rings. The van der Waals surface area contributed by atoms with Crippen LogP contribution >= 0.6 is 0 Å². The second-order valence-electron chi connectivity index (χ2n) is 3.64. The van der Waals surface area contributed by atoms with Crippen LogP contribution in [0.5, 0.6) is 0 Å². The Labute approximate surface area is 99.7 Å². The Balaban J connectivity index is 2.55. The van der Waals surface area contributed by atoms with E-state index in [9.17, 15) is 4.39 Å². The van der Waals surface area contributed by atoms with Crippen LogP contribution < -0.4 is 5.32 Å². The first-order valence-corrected chi connectivity index (χ1v) is 5.55. The third-order valence-electron chi connectivity index (χ3n) is 2.49. The average molecular weight is 231 g/mol. The lowest BCUT2D eigenvalue weighted by Crippen LogP contribution is -2.01. The maximum absolute atomic E-state index is 13.7. The molecule has 2 rings (SSSR count). The topological polar surface area (TPSA) is 37.8 Å². The van der Waals surface area contributed by atoms with Crippen LogP contribution in [0.4, 0.5) is 10.2 Å². The van der Waals surface area contributed by atoms with Gasteiger partial charge in [-0.05, 0) is 12.1 Å². The first-order valence-electron chi connectivity index (χ1n) is 5.55. The van der Waals surface area contributed by atoms with Gasteiger partial charge in [0.2, 0.25) is 0 Å². The van der Waals surface area contributed by atoms with Crippen molar-refractivity contribution in [2.45, 2.75) is 13.3 Å². The molecular formula is C13H14FN3. The number of rotatable bonds is 3. The van der Waals surface area contributed by atoms with E-state index < -0.39 is 0 Å². The van der Waals surface area contributed by atoms with Crippen LogP contribution in [0.15, 0.2) is 30.3 Å². The number of nitrogens with zero attached hydrogens (tertiary/aromatic N) is 2. The van der Waals surface area contributed by atoms with E-state index in [1.54, 1.807) is 31.3 Å². The monoisotopic (exact) mass is 231 g/mol. The number of aromatic nitrogens is 2. The number of anilines is 1. The lowest BCUT2D eigenvalue weighted by atomic mass is 10.1. The lowest BCUT2D eigenvalue weighted by Gasteiger charge is -2.07. The van der Waals surface area contributed by atoms with E-state index in [1.165, 1.54) is 6.07 Å². The molecule has 1 aromatic carbocycles. The number of aryl methyl sites for hydroxylation is 1. The van der Waals surface area contributed by atoms with Gasteiger partial charge in [-0.3, -0.25) is 0 Å². The quantitative estimate of drug-likeness (QED) is 0.882. The van der Waals surface area contributed by atoms with Gasteiger partial charge in [0.05, 0.1) is 5.69 Å². The molecule has 0 saturated heterocycles. The fraction of sp³-hybridized carbons (Fsp3) is 0.231.